The predicted molar refractivity (Wildman–Crippen MR) is 141 cm³/mol. The zero-order valence-electron chi connectivity index (χ0n) is 22.9. The number of carboxylic acids is 2. The minimum atomic E-state index is -1.03. The van der Waals surface area contributed by atoms with Gasteiger partial charge in [-0.2, -0.15) is 0 Å². The topological polar surface area (TPSA) is 77.4 Å². The van der Waals surface area contributed by atoms with Gasteiger partial charge in [-0.15, -0.1) is 0 Å². The van der Waals surface area contributed by atoms with Crippen molar-refractivity contribution in [2.45, 2.75) is 141 Å². The third-order valence-corrected chi connectivity index (χ3v) is 7.66. The lowest BCUT2D eigenvalue weighted by Gasteiger charge is -2.49. The highest BCUT2D eigenvalue weighted by Crippen LogP contribution is 2.32. The van der Waals surface area contributed by atoms with Gasteiger partial charge in [0.1, 0.15) is 11.5 Å². The van der Waals surface area contributed by atoms with Gasteiger partial charge in [0.25, 0.3) is 0 Å². The second-order valence-electron chi connectivity index (χ2n) is 10.6. The molecule has 0 heterocycles. The number of carbonyl (C=O) groups is 2. The van der Waals surface area contributed by atoms with Crippen molar-refractivity contribution in [1.29, 1.82) is 0 Å². The summed E-state index contributed by atoms with van der Waals surface area (Å²) in [6.45, 7) is 4.92. The van der Waals surface area contributed by atoms with Crippen LogP contribution in [-0.2, 0) is 9.59 Å². The molecular formula is C29H55NO4. The Hall–Kier alpha value is -1.36. The van der Waals surface area contributed by atoms with Crippen molar-refractivity contribution in [1.82, 2.24) is 0 Å². The van der Waals surface area contributed by atoms with E-state index in [1.54, 1.807) is 0 Å². The average Bonchev–Trinajstić information content (AvgIpc) is 2.79. The smallest absolute Gasteiger partial charge is 0.303 e. The molecule has 0 radical (unpaired) electrons. The molecule has 0 rings (SSSR count). The van der Waals surface area contributed by atoms with Crippen molar-refractivity contribution < 1.29 is 24.3 Å². The van der Waals surface area contributed by atoms with Crippen LogP contribution in [0.15, 0.2) is 12.2 Å². The lowest BCUT2D eigenvalue weighted by molar-refractivity contribution is -0.934. The Bertz CT molecular complexity index is 558. The summed E-state index contributed by atoms with van der Waals surface area (Å²) in [7, 11) is 3.86. The van der Waals surface area contributed by atoms with Gasteiger partial charge in [-0.1, -0.05) is 83.3 Å². The molecule has 1 unspecified atom stereocenters. The minimum absolute atomic E-state index is 0.00692. The molecule has 5 heteroatoms. The van der Waals surface area contributed by atoms with E-state index in [4.69, 9.17) is 5.11 Å². The molecule has 0 spiro atoms. The van der Waals surface area contributed by atoms with Gasteiger partial charge in [-0.25, -0.2) is 0 Å². The van der Waals surface area contributed by atoms with Crippen molar-refractivity contribution >= 4 is 11.9 Å². The quantitative estimate of drug-likeness (QED) is 0.0951. The minimum Gasteiger partial charge on any atom is -0.544 e. The Morgan fingerprint density at radius 2 is 1.18 bits per heavy atom. The fraction of sp³-hybridized carbons (Fsp3) is 0.862. The maximum atomic E-state index is 12.2. The Balaban J connectivity index is 4.05. The lowest BCUT2D eigenvalue weighted by Crippen LogP contribution is -2.67. The Morgan fingerprint density at radius 3 is 1.62 bits per heavy atom. The molecule has 0 aliphatic rings. The summed E-state index contributed by atoms with van der Waals surface area (Å²) in [5.41, 5.74) is -1.01. The molecule has 34 heavy (non-hydrogen) atoms. The first-order chi connectivity index (χ1) is 16.2. The zero-order valence-corrected chi connectivity index (χ0v) is 22.9. The molecular weight excluding hydrogens is 426 g/mol. The number of unbranched alkanes of at least 4 members (excludes halogenated alkanes) is 13. The molecule has 0 aromatic heterocycles. The molecule has 0 aliphatic carbocycles. The van der Waals surface area contributed by atoms with E-state index < -0.39 is 17.5 Å². The van der Waals surface area contributed by atoms with E-state index in [-0.39, 0.29) is 6.42 Å². The van der Waals surface area contributed by atoms with Crippen LogP contribution in [0.2, 0.25) is 0 Å². The van der Waals surface area contributed by atoms with Gasteiger partial charge >= 0.3 is 5.97 Å². The first kappa shape index (κ1) is 32.6. The second-order valence-corrected chi connectivity index (χ2v) is 10.6. The molecule has 0 saturated carbocycles. The molecule has 0 aliphatic heterocycles. The van der Waals surface area contributed by atoms with Crippen molar-refractivity contribution in [2.75, 3.05) is 20.6 Å². The summed E-state index contributed by atoms with van der Waals surface area (Å²) in [6.07, 6.45) is 24.5. The Kier molecular flexibility index (Phi) is 19.1. The number of quaternary nitrogens is 1. The number of carbonyl (C=O) groups excluding carboxylic acids is 1. The van der Waals surface area contributed by atoms with E-state index >= 15 is 0 Å². The number of rotatable bonds is 24. The highest BCUT2D eigenvalue weighted by Gasteiger charge is 2.45. The van der Waals surface area contributed by atoms with Crippen LogP contribution in [0.3, 0.4) is 0 Å². The zero-order chi connectivity index (χ0) is 25.7. The summed E-state index contributed by atoms with van der Waals surface area (Å²) in [4.78, 5) is 23.2. The van der Waals surface area contributed by atoms with Crippen LogP contribution in [0.5, 0.6) is 0 Å². The average molecular weight is 482 g/mol. The van der Waals surface area contributed by atoms with Gasteiger partial charge in [0.05, 0.1) is 20.6 Å². The molecule has 0 aromatic rings. The number of hydrogen-bond donors (Lipinski definition) is 1. The van der Waals surface area contributed by atoms with Crippen LogP contribution in [-0.4, -0.2) is 47.7 Å². The van der Waals surface area contributed by atoms with Crippen LogP contribution in [0.4, 0.5) is 0 Å². The van der Waals surface area contributed by atoms with E-state index in [0.29, 0.717) is 30.3 Å². The van der Waals surface area contributed by atoms with E-state index in [0.717, 1.165) is 19.3 Å². The fourth-order valence-electron chi connectivity index (χ4n) is 4.86. The molecule has 200 valence electrons. The van der Waals surface area contributed by atoms with Crippen LogP contribution in [0.1, 0.15) is 136 Å². The lowest BCUT2D eigenvalue weighted by atomic mass is 9.83. The number of allylic oxidation sites excluding steroid dienone is 2. The molecule has 0 aromatic carbocycles. The van der Waals surface area contributed by atoms with Crippen molar-refractivity contribution in [3.05, 3.63) is 12.2 Å². The van der Waals surface area contributed by atoms with E-state index in [1.165, 1.54) is 77.0 Å². The first-order valence-corrected chi connectivity index (χ1v) is 14.1. The van der Waals surface area contributed by atoms with Gasteiger partial charge in [0.15, 0.2) is 0 Å². The SMILES string of the molecule is CCCCCCCC/C=C\CCCCCCCCCC(CCCC(=O)O)(C(=O)[O-])[N+](C)(C)CC. The molecule has 0 saturated heterocycles. The Labute approximate surface area is 210 Å². The summed E-state index contributed by atoms with van der Waals surface area (Å²) >= 11 is 0. The number of hydrogen-bond acceptors (Lipinski definition) is 3. The number of likely N-dealkylation sites (N-methyl/N-ethyl adjacent to an activating group) is 1. The third kappa shape index (κ3) is 14.1. The largest absolute Gasteiger partial charge is 0.544 e. The number of carboxylic acid groups (broad SMARTS) is 2. The van der Waals surface area contributed by atoms with Gasteiger partial charge < -0.3 is 19.5 Å². The van der Waals surface area contributed by atoms with Crippen molar-refractivity contribution in [3.8, 4) is 0 Å². The molecule has 5 nitrogen and oxygen atoms in total. The van der Waals surface area contributed by atoms with E-state index in [9.17, 15) is 14.7 Å². The van der Waals surface area contributed by atoms with Gasteiger partial charge in [0.2, 0.25) is 0 Å². The normalized spacial score (nSPS) is 13.9. The van der Waals surface area contributed by atoms with Crippen LogP contribution in [0.25, 0.3) is 0 Å². The van der Waals surface area contributed by atoms with E-state index in [2.05, 4.69) is 19.1 Å². The molecule has 1 atom stereocenters. The summed E-state index contributed by atoms with van der Waals surface area (Å²) in [5.74, 6) is -1.91. The fourth-order valence-corrected chi connectivity index (χ4v) is 4.86. The van der Waals surface area contributed by atoms with Crippen LogP contribution >= 0.6 is 0 Å². The van der Waals surface area contributed by atoms with Crippen LogP contribution in [0, 0.1) is 0 Å². The first-order valence-electron chi connectivity index (χ1n) is 14.1. The number of aliphatic carboxylic acids is 2. The predicted octanol–water partition coefficient (Wildman–Crippen LogP) is 6.64. The molecule has 1 N–H and O–H groups in total. The molecule has 0 fully saturated rings. The van der Waals surface area contributed by atoms with Gasteiger partial charge in [-0.05, 0) is 45.4 Å². The van der Waals surface area contributed by atoms with Crippen LogP contribution < -0.4 is 5.11 Å². The van der Waals surface area contributed by atoms with Crippen molar-refractivity contribution in [3.63, 3.8) is 0 Å². The molecule has 0 amide bonds. The summed E-state index contributed by atoms with van der Waals surface area (Å²) in [5, 5.41) is 21.2. The maximum absolute atomic E-state index is 12.2. The monoisotopic (exact) mass is 481 g/mol. The highest BCUT2D eigenvalue weighted by atomic mass is 16.4. The highest BCUT2D eigenvalue weighted by molar-refractivity contribution is 5.75. The molecule has 0 bridgehead atoms. The maximum Gasteiger partial charge on any atom is 0.303 e. The standard InChI is InChI=1S/C29H55NO4/c1-5-7-8-9-10-11-12-13-14-15-16-17-18-19-20-21-22-25-29(28(33)34,30(3,4)6-2)26-23-24-27(31)32/h13-14H,5-12,15-26H2,1-4H3,(H-,31,32,33,34)/b14-13-. The van der Waals surface area contributed by atoms with Gasteiger partial charge in [-0.3, -0.25) is 4.79 Å². The van der Waals surface area contributed by atoms with E-state index in [1.807, 2.05) is 21.0 Å². The summed E-state index contributed by atoms with van der Waals surface area (Å²) < 4.78 is 0.335. The third-order valence-electron chi connectivity index (χ3n) is 7.66. The number of nitrogens with zero attached hydrogens (tertiary/aromatic N) is 1. The van der Waals surface area contributed by atoms with Gasteiger partial charge in [0, 0.05) is 19.3 Å². The van der Waals surface area contributed by atoms with Crippen molar-refractivity contribution in [2.24, 2.45) is 0 Å². The second kappa shape index (κ2) is 19.9. The Morgan fingerprint density at radius 1 is 0.735 bits per heavy atom. The summed E-state index contributed by atoms with van der Waals surface area (Å²) in [6, 6.07) is 0.